The second-order valence-electron chi connectivity index (χ2n) is 5.97. The molecule has 3 nitrogen and oxygen atoms in total. The van der Waals surface area contributed by atoms with E-state index in [1.807, 2.05) is 6.08 Å². The zero-order valence-electron chi connectivity index (χ0n) is 13.8. The second kappa shape index (κ2) is 16.0. The van der Waals surface area contributed by atoms with Gasteiger partial charge in [0.05, 0.1) is 12.2 Å². The van der Waals surface area contributed by atoms with Gasteiger partial charge in [-0.05, 0) is 25.7 Å². The summed E-state index contributed by atoms with van der Waals surface area (Å²) in [4.78, 5) is 0. The van der Waals surface area contributed by atoms with Crippen molar-refractivity contribution < 1.29 is 15.3 Å². The number of rotatable bonds is 15. The van der Waals surface area contributed by atoms with Crippen LogP contribution in [0.5, 0.6) is 0 Å². The van der Waals surface area contributed by atoms with Crippen molar-refractivity contribution in [3.63, 3.8) is 0 Å². The van der Waals surface area contributed by atoms with Crippen molar-refractivity contribution in [2.24, 2.45) is 0 Å². The number of allylic oxidation sites excluding steroid dienone is 1. The van der Waals surface area contributed by atoms with Crippen LogP contribution in [0, 0.1) is 0 Å². The molecule has 3 N–H and O–H groups in total. The van der Waals surface area contributed by atoms with E-state index in [9.17, 15) is 10.2 Å². The molecule has 0 aliphatic carbocycles. The Morgan fingerprint density at radius 2 is 1.33 bits per heavy atom. The Labute approximate surface area is 131 Å². The van der Waals surface area contributed by atoms with Crippen LogP contribution in [0.4, 0.5) is 0 Å². The van der Waals surface area contributed by atoms with Gasteiger partial charge in [-0.3, -0.25) is 0 Å². The smallest absolute Gasteiger partial charge is 0.0834 e. The van der Waals surface area contributed by atoms with Gasteiger partial charge in [-0.2, -0.15) is 0 Å². The highest BCUT2D eigenvalue weighted by Crippen LogP contribution is 2.11. The van der Waals surface area contributed by atoms with Gasteiger partial charge < -0.3 is 15.3 Å². The van der Waals surface area contributed by atoms with Gasteiger partial charge in [-0.15, -0.1) is 0 Å². The molecule has 0 aliphatic rings. The van der Waals surface area contributed by atoms with Gasteiger partial charge in [0, 0.05) is 6.61 Å². The number of aliphatic hydroxyl groups excluding tert-OH is 3. The fourth-order valence-electron chi connectivity index (χ4n) is 2.41. The van der Waals surface area contributed by atoms with Crippen molar-refractivity contribution in [1.82, 2.24) is 0 Å². The third-order valence-electron chi connectivity index (χ3n) is 3.89. The minimum absolute atomic E-state index is 0.0830. The minimum Gasteiger partial charge on any atom is -0.396 e. The van der Waals surface area contributed by atoms with Crippen LogP contribution in [0.1, 0.15) is 84.0 Å². The Balaban J connectivity index is 3.29. The molecule has 2 unspecified atom stereocenters. The molecule has 0 rings (SSSR count). The molecule has 126 valence electrons. The highest BCUT2D eigenvalue weighted by atomic mass is 16.3. The molecule has 0 saturated heterocycles. The van der Waals surface area contributed by atoms with Crippen LogP contribution < -0.4 is 0 Å². The molecule has 0 aromatic carbocycles. The number of hydrogen-bond donors (Lipinski definition) is 3. The van der Waals surface area contributed by atoms with Crippen LogP contribution in [0.3, 0.4) is 0 Å². The van der Waals surface area contributed by atoms with Gasteiger partial charge in [0.2, 0.25) is 0 Å². The van der Waals surface area contributed by atoms with Gasteiger partial charge in [-0.25, -0.2) is 0 Å². The lowest BCUT2D eigenvalue weighted by Gasteiger charge is -2.14. The van der Waals surface area contributed by atoms with E-state index in [1.54, 1.807) is 0 Å². The number of unbranched alkanes of at least 4 members (excludes halogenated alkanes) is 9. The molecule has 21 heavy (non-hydrogen) atoms. The summed E-state index contributed by atoms with van der Waals surface area (Å²) in [5.41, 5.74) is 0. The summed E-state index contributed by atoms with van der Waals surface area (Å²) in [6, 6.07) is 0. The summed E-state index contributed by atoms with van der Waals surface area (Å²) >= 11 is 0. The molecular formula is C18H36O3. The van der Waals surface area contributed by atoms with E-state index in [0.717, 1.165) is 6.42 Å². The molecule has 0 aromatic rings. The lowest BCUT2D eigenvalue weighted by molar-refractivity contribution is 0.00741. The van der Waals surface area contributed by atoms with Crippen LogP contribution in [-0.4, -0.2) is 34.1 Å². The average Bonchev–Trinajstić information content (AvgIpc) is 2.48. The quantitative estimate of drug-likeness (QED) is 0.317. The highest BCUT2D eigenvalue weighted by molar-refractivity contribution is 4.86. The summed E-state index contributed by atoms with van der Waals surface area (Å²) in [5, 5.41) is 27.7. The van der Waals surface area contributed by atoms with E-state index in [-0.39, 0.29) is 13.0 Å². The molecule has 0 spiro atoms. The first-order valence-corrected chi connectivity index (χ1v) is 8.84. The van der Waals surface area contributed by atoms with Gasteiger partial charge in [0.15, 0.2) is 0 Å². The Morgan fingerprint density at radius 1 is 0.762 bits per heavy atom. The lowest BCUT2D eigenvalue weighted by Crippen LogP contribution is -2.26. The van der Waals surface area contributed by atoms with Gasteiger partial charge in [0.25, 0.3) is 0 Å². The van der Waals surface area contributed by atoms with Crippen molar-refractivity contribution in [3.8, 4) is 0 Å². The minimum atomic E-state index is -0.813. The van der Waals surface area contributed by atoms with Crippen molar-refractivity contribution in [3.05, 3.63) is 12.2 Å². The number of aliphatic hydroxyl groups is 3. The predicted octanol–water partition coefficient (Wildman–Crippen LogP) is 3.96. The second-order valence-corrected chi connectivity index (χ2v) is 5.97. The van der Waals surface area contributed by atoms with Crippen molar-refractivity contribution in [2.75, 3.05) is 6.61 Å². The molecule has 0 fully saturated rings. The molecule has 0 bridgehead atoms. The Bertz CT molecular complexity index is 229. The molecule has 3 heteroatoms. The van der Waals surface area contributed by atoms with E-state index in [0.29, 0.717) is 6.42 Å². The first-order chi connectivity index (χ1) is 10.2. The van der Waals surface area contributed by atoms with Crippen molar-refractivity contribution >= 4 is 0 Å². The zero-order chi connectivity index (χ0) is 15.8. The largest absolute Gasteiger partial charge is 0.396 e. The van der Waals surface area contributed by atoms with Crippen molar-refractivity contribution in [1.29, 1.82) is 0 Å². The molecule has 0 radical (unpaired) electrons. The fourth-order valence-corrected chi connectivity index (χ4v) is 2.41. The van der Waals surface area contributed by atoms with Crippen LogP contribution in [-0.2, 0) is 0 Å². The third kappa shape index (κ3) is 14.3. The first kappa shape index (κ1) is 20.6. The van der Waals surface area contributed by atoms with E-state index < -0.39 is 12.2 Å². The molecule has 2 atom stereocenters. The summed E-state index contributed by atoms with van der Waals surface area (Å²) in [6.45, 7) is 2.17. The molecule has 0 aliphatic heterocycles. The molecule has 0 heterocycles. The fraction of sp³-hybridized carbons (Fsp3) is 0.889. The molecule has 0 aromatic heterocycles. The normalized spacial score (nSPS) is 14.7. The van der Waals surface area contributed by atoms with Crippen LogP contribution in [0.25, 0.3) is 0 Å². The first-order valence-electron chi connectivity index (χ1n) is 8.84. The van der Waals surface area contributed by atoms with Gasteiger partial charge >= 0.3 is 0 Å². The van der Waals surface area contributed by atoms with E-state index in [4.69, 9.17) is 5.11 Å². The molecule has 0 amide bonds. The summed E-state index contributed by atoms with van der Waals surface area (Å²) in [5.74, 6) is 0. The Hall–Kier alpha value is -0.380. The monoisotopic (exact) mass is 300 g/mol. The maximum absolute atomic E-state index is 9.60. The van der Waals surface area contributed by atoms with Gasteiger partial charge in [-0.1, -0.05) is 70.4 Å². The number of hydrogen-bond acceptors (Lipinski definition) is 3. The Kier molecular flexibility index (Phi) is 15.7. The summed E-state index contributed by atoms with van der Waals surface area (Å²) < 4.78 is 0. The third-order valence-corrected chi connectivity index (χ3v) is 3.89. The lowest BCUT2D eigenvalue weighted by atomic mass is 10.1. The topological polar surface area (TPSA) is 60.7 Å². The highest BCUT2D eigenvalue weighted by Gasteiger charge is 2.13. The molecule has 0 saturated carbocycles. The van der Waals surface area contributed by atoms with E-state index >= 15 is 0 Å². The SMILES string of the molecule is CCCCCCCCCCCC=CCC(O)C(O)CCO. The van der Waals surface area contributed by atoms with Crippen LogP contribution >= 0.6 is 0 Å². The Morgan fingerprint density at radius 3 is 1.90 bits per heavy atom. The standard InChI is InChI=1S/C18H36O3/c1-2-3-4-5-6-7-8-9-10-11-12-13-14-17(20)18(21)15-16-19/h12-13,17-21H,2-11,14-16H2,1H3. The van der Waals surface area contributed by atoms with E-state index in [2.05, 4.69) is 13.0 Å². The van der Waals surface area contributed by atoms with Crippen molar-refractivity contribution in [2.45, 2.75) is 96.2 Å². The van der Waals surface area contributed by atoms with Crippen LogP contribution in [0.2, 0.25) is 0 Å². The molecular weight excluding hydrogens is 264 g/mol. The predicted molar refractivity (Wildman–Crippen MR) is 89.3 cm³/mol. The maximum atomic E-state index is 9.60. The zero-order valence-corrected chi connectivity index (χ0v) is 13.8. The summed E-state index contributed by atoms with van der Waals surface area (Å²) in [6.07, 6.45) is 16.3. The summed E-state index contributed by atoms with van der Waals surface area (Å²) in [7, 11) is 0. The average molecular weight is 300 g/mol. The van der Waals surface area contributed by atoms with Gasteiger partial charge in [0.1, 0.15) is 0 Å². The van der Waals surface area contributed by atoms with Crippen LogP contribution in [0.15, 0.2) is 12.2 Å². The van der Waals surface area contributed by atoms with E-state index in [1.165, 1.54) is 57.8 Å². The maximum Gasteiger partial charge on any atom is 0.0834 e.